The first kappa shape index (κ1) is 14.4. The zero-order valence-electron chi connectivity index (χ0n) is 12.0. The first-order valence-electron chi connectivity index (χ1n) is 7.19. The van der Waals surface area contributed by atoms with Gasteiger partial charge in [-0.3, -0.25) is 9.88 Å². The van der Waals surface area contributed by atoms with Crippen molar-refractivity contribution in [3.8, 4) is 0 Å². The van der Waals surface area contributed by atoms with Crippen molar-refractivity contribution in [2.45, 2.75) is 38.4 Å². The van der Waals surface area contributed by atoms with Crippen molar-refractivity contribution in [3.05, 3.63) is 30.1 Å². The SMILES string of the molecule is CCN(Cc1ccccn1)C(CNC1CC1)COC. The standard InChI is InChI=1S/C15H25N3O/c1-3-18(11-14-6-4-5-9-16-14)15(12-19-2)10-17-13-7-8-13/h4-6,9,13,15,17H,3,7-8,10-12H2,1-2H3. The minimum atomic E-state index is 0.414. The zero-order chi connectivity index (χ0) is 13.5. The number of rotatable bonds is 9. The van der Waals surface area contributed by atoms with Gasteiger partial charge in [-0.2, -0.15) is 0 Å². The molecular weight excluding hydrogens is 238 g/mol. The minimum Gasteiger partial charge on any atom is -0.383 e. The molecule has 1 atom stereocenters. The lowest BCUT2D eigenvalue weighted by molar-refractivity contribution is 0.0868. The number of nitrogens with one attached hydrogen (secondary N) is 1. The van der Waals surface area contributed by atoms with Crippen molar-refractivity contribution in [2.24, 2.45) is 0 Å². The van der Waals surface area contributed by atoms with Gasteiger partial charge in [0.25, 0.3) is 0 Å². The molecule has 1 aliphatic rings. The molecule has 19 heavy (non-hydrogen) atoms. The van der Waals surface area contributed by atoms with Crippen LogP contribution in [-0.2, 0) is 11.3 Å². The predicted molar refractivity (Wildman–Crippen MR) is 77.0 cm³/mol. The molecule has 0 radical (unpaired) electrons. The van der Waals surface area contributed by atoms with Gasteiger partial charge in [-0.15, -0.1) is 0 Å². The molecule has 4 heteroatoms. The van der Waals surface area contributed by atoms with E-state index in [1.54, 1.807) is 7.11 Å². The topological polar surface area (TPSA) is 37.4 Å². The summed E-state index contributed by atoms with van der Waals surface area (Å²) in [6.45, 7) is 5.86. The molecule has 2 rings (SSSR count). The van der Waals surface area contributed by atoms with E-state index in [0.29, 0.717) is 6.04 Å². The lowest BCUT2D eigenvalue weighted by Crippen LogP contribution is -2.45. The normalized spacial score (nSPS) is 16.8. The van der Waals surface area contributed by atoms with E-state index in [9.17, 15) is 0 Å². The molecule has 1 aromatic heterocycles. The van der Waals surface area contributed by atoms with Crippen molar-refractivity contribution in [3.63, 3.8) is 0 Å². The Hall–Kier alpha value is -0.970. The first-order valence-corrected chi connectivity index (χ1v) is 7.19. The lowest BCUT2D eigenvalue weighted by Gasteiger charge is -2.30. The summed E-state index contributed by atoms with van der Waals surface area (Å²) in [5.74, 6) is 0. The molecule has 1 aliphatic carbocycles. The van der Waals surface area contributed by atoms with Crippen LogP contribution in [0, 0.1) is 0 Å². The highest BCUT2D eigenvalue weighted by atomic mass is 16.5. The van der Waals surface area contributed by atoms with Crippen molar-refractivity contribution in [2.75, 3.05) is 26.8 Å². The fourth-order valence-electron chi connectivity index (χ4n) is 2.27. The van der Waals surface area contributed by atoms with Gasteiger partial charge in [0.15, 0.2) is 0 Å². The van der Waals surface area contributed by atoms with Gasteiger partial charge in [-0.25, -0.2) is 0 Å². The van der Waals surface area contributed by atoms with E-state index in [4.69, 9.17) is 4.74 Å². The summed E-state index contributed by atoms with van der Waals surface area (Å²) in [5.41, 5.74) is 1.12. The predicted octanol–water partition coefficient (Wildman–Crippen LogP) is 1.67. The van der Waals surface area contributed by atoms with Gasteiger partial charge in [-0.1, -0.05) is 13.0 Å². The number of pyridine rings is 1. The van der Waals surface area contributed by atoms with E-state index in [-0.39, 0.29) is 0 Å². The van der Waals surface area contributed by atoms with Crippen molar-refractivity contribution in [1.29, 1.82) is 0 Å². The van der Waals surface area contributed by atoms with Crippen LogP contribution in [0.3, 0.4) is 0 Å². The number of aromatic nitrogens is 1. The maximum Gasteiger partial charge on any atom is 0.0630 e. The lowest BCUT2D eigenvalue weighted by atomic mass is 10.2. The number of methoxy groups -OCH3 is 1. The fourth-order valence-corrected chi connectivity index (χ4v) is 2.27. The summed E-state index contributed by atoms with van der Waals surface area (Å²) in [7, 11) is 1.78. The maximum atomic E-state index is 5.38. The Morgan fingerprint density at radius 2 is 2.32 bits per heavy atom. The molecule has 1 fully saturated rings. The summed E-state index contributed by atoms with van der Waals surface area (Å²) in [4.78, 5) is 6.85. The summed E-state index contributed by atoms with van der Waals surface area (Å²) < 4.78 is 5.38. The Labute approximate surface area is 116 Å². The van der Waals surface area contributed by atoms with Crippen molar-refractivity contribution >= 4 is 0 Å². The van der Waals surface area contributed by atoms with Gasteiger partial charge >= 0.3 is 0 Å². The zero-order valence-corrected chi connectivity index (χ0v) is 12.0. The molecule has 1 unspecified atom stereocenters. The number of nitrogens with zero attached hydrogens (tertiary/aromatic N) is 2. The highest BCUT2D eigenvalue weighted by Crippen LogP contribution is 2.19. The Kier molecular flexibility index (Phi) is 5.76. The monoisotopic (exact) mass is 263 g/mol. The van der Waals surface area contributed by atoms with E-state index in [1.807, 2.05) is 18.3 Å². The summed E-state index contributed by atoms with van der Waals surface area (Å²) in [5, 5.41) is 3.60. The number of ether oxygens (including phenoxy) is 1. The smallest absolute Gasteiger partial charge is 0.0630 e. The number of hydrogen-bond acceptors (Lipinski definition) is 4. The van der Waals surface area contributed by atoms with Crippen LogP contribution >= 0.6 is 0 Å². The van der Waals surface area contributed by atoms with Gasteiger partial charge in [0.2, 0.25) is 0 Å². The molecule has 1 aromatic rings. The second kappa shape index (κ2) is 7.58. The van der Waals surface area contributed by atoms with Gasteiger partial charge in [-0.05, 0) is 31.5 Å². The third-order valence-corrected chi connectivity index (χ3v) is 3.59. The van der Waals surface area contributed by atoms with E-state index in [1.165, 1.54) is 12.8 Å². The summed E-state index contributed by atoms with van der Waals surface area (Å²) in [6.07, 6.45) is 4.51. The van der Waals surface area contributed by atoms with Crippen LogP contribution in [0.1, 0.15) is 25.5 Å². The Morgan fingerprint density at radius 3 is 2.89 bits per heavy atom. The molecule has 4 nitrogen and oxygen atoms in total. The summed E-state index contributed by atoms with van der Waals surface area (Å²) >= 11 is 0. The molecule has 0 aromatic carbocycles. The second-order valence-corrected chi connectivity index (χ2v) is 5.18. The minimum absolute atomic E-state index is 0.414. The van der Waals surface area contributed by atoms with Crippen LogP contribution in [-0.4, -0.2) is 48.8 Å². The van der Waals surface area contributed by atoms with E-state index in [2.05, 4.69) is 28.2 Å². The van der Waals surface area contributed by atoms with E-state index >= 15 is 0 Å². The maximum absolute atomic E-state index is 5.38. The van der Waals surface area contributed by atoms with Crippen LogP contribution in [0.4, 0.5) is 0 Å². The molecule has 1 N–H and O–H groups in total. The molecule has 0 amide bonds. The molecule has 1 saturated carbocycles. The van der Waals surface area contributed by atoms with Crippen LogP contribution in [0.25, 0.3) is 0 Å². The van der Waals surface area contributed by atoms with Gasteiger partial charge in [0, 0.05) is 38.5 Å². The van der Waals surface area contributed by atoms with Gasteiger partial charge in [0.1, 0.15) is 0 Å². The number of likely N-dealkylation sites (N-methyl/N-ethyl adjacent to an activating group) is 1. The first-order chi connectivity index (χ1) is 9.33. The van der Waals surface area contributed by atoms with Gasteiger partial charge < -0.3 is 10.1 Å². The Balaban J connectivity index is 1.90. The number of hydrogen-bond donors (Lipinski definition) is 1. The largest absolute Gasteiger partial charge is 0.383 e. The average Bonchev–Trinajstić information content (AvgIpc) is 3.26. The van der Waals surface area contributed by atoms with E-state index < -0.39 is 0 Å². The average molecular weight is 263 g/mol. The molecule has 0 bridgehead atoms. The third kappa shape index (κ3) is 4.90. The quantitative estimate of drug-likeness (QED) is 0.735. The molecule has 0 saturated heterocycles. The van der Waals surface area contributed by atoms with Crippen molar-refractivity contribution in [1.82, 2.24) is 15.2 Å². The highest BCUT2D eigenvalue weighted by Gasteiger charge is 2.24. The molecule has 0 aliphatic heterocycles. The molecule has 1 heterocycles. The molecular formula is C15H25N3O. The van der Waals surface area contributed by atoms with Crippen LogP contribution in [0.5, 0.6) is 0 Å². The van der Waals surface area contributed by atoms with Crippen LogP contribution in [0.15, 0.2) is 24.4 Å². The highest BCUT2D eigenvalue weighted by molar-refractivity contribution is 5.03. The van der Waals surface area contributed by atoms with E-state index in [0.717, 1.165) is 38.0 Å². The van der Waals surface area contributed by atoms with Crippen molar-refractivity contribution < 1.29 is 4.74 Å². The summed E-state index contributed by atoms with van der Waals surface area (Å²) in [6, 6.07) is 7.25. The fraction of sp³-hybridized carbons (Fsp3) is 0.667. The van der Waals surface area contributed by atoms with Crippen LogP contribution < -0.4 is 5.32 Å². The Morgan fingerprint density at radius 1 is 1.47 bits per heavy atom. The third-order valence-electron chi connectivity index (χ3n) is 3.59. The van der Waals surface area contributed by atoms with Gasteiger partial charge in [0.05, 0.1) is 12.3 Å². The Bertz CT molecular complexity index is 354. The second-order valence-electron chi connectivity index (χ2n) is 5.18. The molecule has 106 valence electrons. The van der Waals surface area contributed by atoms with Crippen LogP contribution in [0.2, 0.25) is 0 Å². The molecule has 0 spiro atoms.